The molecule has 1 aliphatic heterocycles. The van der Waals surface area contributed by atoms with Crippen molar-refractivity contribution in [1.82, 2.24) is 15.1 Å². The standard InChI is InChI=1S/C32H37N3O8/c1-34(2)28(37)14-13-22-11-7-8-12-24(22)32(40)43-27-19-23(18-26-29(27)42-20-41-26)31(39)35(3)25(30(38)33-15-16-36)17-21-9-5-4-6-10-21/h4-14,18,25-27,29,36H,15-17,19-20H2,1-3H3,(H,33,38). The number of nitrogens with one attached hydrogen (secondary N) is 1. The van der Waals surface area contributed by atoms with Crippen molar-refractivity contribution >= 4 is 29.8 Å². The van der Waals surface area contributed by atoms with E-state index in [9.17, 15) is 24.3 Å². The Morgan fingerprint density at radius 3 is 2.49 bits per heavy atom. The van der Waals surface area contributed by atoms with Gasteiger partial charge in [0.1, 0.15) is 31.1 Å². The van der Waals surface area contributed by atoms with Crippen LogP contribution in [-0.2, 0) is 35.0 Å². The molecule has 2 aromatic carbocycles. The maximum atomic E-state index is 13.8. The van der Waals surface area contributed by atoms with Gasteiger partial charge in [-0.15, -0.1) is 0 Å². The monoisotopic (exact) mass is 591 g/mol. The van der Waals surface area contributed by atoms with Crippen LogP contribution in [0.3, 0.4) is 0 Å². The highest BCUT2D eigenvalue weighted by atomic mass is 16.7. The Kier molecular flexibility index (Phi) is 10.8. The lowest BCUT2D eigenvalue weighted by Gasteiger charge is -2.33. The number of rotatable bonds is 11. The SMILES string of the molecule is CN(C)C(=O)C=Cc1ccccc1C(=O)OC1CC(C(=O)N(C)C(Cc2ccccc2)C(=O)NCCO)=CC2OCOC21. The number of fused-ring (bicyclic) bond motifs is 1. The second-order valence-electron chi connectivity index (χ2n) is 10.5. The van der Waals surface area contributed by atoms with Crippen molar-refractivity contribution in [2.45, 2.75) is 37.2 Å². The fraction of sp³-hybridized carbons (Fsp3) is 0.375. The quantitative estimate of drug-likeness (QED) is 0.297. The number of hydrogen-bond acceptors (Lipinski definition) is 8. The van der Waals surface area contributed by atoms with E-state index in [0.717, 1.165) is 5.56 Å². The van der Waals surface area contributed by atoms with Crippen LogP contribution in [0, 0.1) is 0 Å². The molecule has 4 atom stereocenters. The zero-order valence-corrected chi connectivity index (χ0v) is 24.5. The molecule has 2 N–H and O–H groups in total. The number of benzene rings is 2. The summed E-state index contributed by atoms with van der Waals surface area (Å²) in [6.07, 6.45) is 2.82. The largest absolute Gasteiger partial charge is 0.456 e. The van der Waals surface area contributed by atoms with Crippen molar-refractivity contribution in [1.29, 1.82) is 0 Å². The van der Waals surface area contributed by atoms with E-state index in [-0.39, 0.29) is 44.3 Å². The van der Waals surface area contributed by atoms with Gasteiger partial charge in [0.15, 0.2) is 0 Å². The number of likely N-dealkylation sites (N-methyl/N-ethyl adjacent to an activating group) is 2. The predicted molar refractivity (Wildman–Crippen MR) is 157 cm³/mol. The molecule has 11 heteroatoms. The molecule has 4 rings (SSSR count). The number of nitrogens with zero attached hydrogens (tertiary/aromatic N) is 2. The van der Waals surface area contributed by atoms with Crippen LogP contribution in [0.2, 0.25) is 0 Å². The van der Waals surface area contributed by atoms with Crippen LogP contribution in [-0.4, -0.2) is 104 Å². The van der Waals surface area contributed by atoms with Gasteiger partial charge in [-0.1, -0.05) is 48.5 Å². The average molecular weight is 592 g/mol. The highest BCUT2D eigenvalue weighted by molar-refractivity contribution is 5.98. The van der Waals surface area contributed by atoms with E-state index < -0.39 is 42.1 Å². The summed E-state index contributed by atoms with van der Waals surface area (Å²) < 4.78 is 17.3. The minimum absolute atomic E-state index is 0.0244. The van der Waals surface area contributed by atoms with Crippen LogP contribution in [0.1, 0.15) is 27.9 Å². The number of carbonyl (C=O) groups is 4. The molecule has 2 aromatic rings. The summed E-state index contributed by atoms with van der Waals surface area (Å²) in [6, 6.07) is 15.2. The highest BCUT2D eigenvalue weighted by Gasteiger charge is 2.43. The number of hydrogen-bond donors (Lipinski definition) is 2. The van der Waals surface area contributed by atoms with Gasteiger partial charge in [0.2, 0.25) is 17.7 Å². The Balaban J connectivity index is 1.53. The molecule has 11 nitrogen and oxygen atoms in total. The Hall–Kier alpha value is -4.32. The fourth-order valence-corrected chi connectivity index (χ4v) is 4.96. The summed E-state index contributed by atoms with van der Waals surface area (Å²) in [5.74, 6) is -1.68. The lowest BCUT2D eigenvalue weighted by atomic mass is 9.90. The van der Waals surface area contributed by atoms with E-state index in [4.69, 9.17) is 14.2 Å². The lowest BCUT2D eigenvalue weighted by Crippen LogP contribution is -2.51. The van der Waals surface area contributed by atoms with Gasteiger partial charge in [0.05, 0.1) is 12.2 Å². The number of amides is 3. The first-order valence-corrected chi connectivity index (χ1v) is 14.0. The minimum atomic E-state index is -0.856. The normalized spacial score (nSPS) is 20.1. The van der Waals surface area contributed by atoms with Crippen LogP contribution >= 0.6 is 0 Å². The molecule has 2 aliphatic rings. The summed E-state index contributed by atoms with van der Waals surface area (Å²) in [7, 11) is 4.81. The van der Waals surface area contributed by atoms with Gasteiger partial charge < -0.3 is 34.4 Å². The van der Waals surface area contributed by atoms with Crippen LogP contribution in [0.15, 0.2) is 72.3 Å². The Morgan fingerprint density at radius 1 is 1.05 bits per heavy atom. The summed E-state index contributed by atoms with van der Waals surface area (Å²) >= 11 is 0. The topological polar surface area (TPSA) is 135 Å². The maximum Gasteiger partial charge on any atom is 0.339 e. The van der Waals surface area contributed by atoms with E-state index in [1.165, 1.54) is 15.9 Å². The summed E-state index contributed by atoms with van der Waals surface area (Å²) in [5.41, 5.74) is 1.94. The third-order valence-electron chi connectivity index (χ3n) is 7.33. The van der Waals surface area contributed by atoms with E-state index in [1.807, 2.05) is 30.3 Å². The molecule has 1 fully saturated rings. The number of ether oxygens (including phenoxy) is 3. The van der Waals surface area contributed by atoms with Gasteiger partial charge in [-0.3, -0.25) is 14.4 Å². The predicted octanol–water partition coefficient (Wildman–Crippen LogP) is 1.56. The van der Waals surface area contributed by atoms with Crippen molar-refractivity contribution < 1.29 is 38.5 Å². The van der Waals surface area contributed by atoms with Gasteiger partial charge in [-0.25, -0.2) is 4.79 Å². The minimum Gasteiger partial charge on any atom is -0.456 e. The third kappa shape index (κ3) is 7.95. The summed E-state index contributed by atoms with van der Waals surface area (Å²) in [6.45, 7) is -0.198. The van der Waals surface area contributed by atoms with E-state index in [0.29, 0.717) is 11.1 Å². The van der Waals surface area contributed by atoms with Gasteiger partial charge in [-0.2, -0.15) is 0 Å². The van der Waals surface area contributed by atoms with E-state index in [2.05, 4.69) is 5.32 Å². The molecule has 228 valence electrons. The second kappa shape index (κ2) is 14.7. The van der Waals surface area contributed by atoms with Crippen molar-refractivity contribution in [3.05, 3.63) is 89.0 Å². The number of esters is 1. The molecule has 0 aromatic heterocycles. The molecule has 0 bridgehead atoms. The number of carbonyl (C=O) groups excluding carboxylic acids is 4. The van der Waals surface area contributed by atoms with Crippen LogP contribution in [0.4, 0.5) is 0 Å². The molecule has 0 spiro atoms. The Bertz CT molecular complexity index is 1370. The Morgan fingerprint density at radius 2 is 1.77 bits per heavy atom. The first kappa shape index (κ1) is 31.6. The van der Waals surface area contributed by atoms with Crippen molar-refractivity contribution in [3.63, 3.8) is 0 Å². The fourth-order valence-electron chi connectivity index (χ4n) is 4.96. The van der Waals surface area contributed by atoms with Gasteiger partial charge in [0.25, 0.3) is 0 Å². The zero-order valence-electron chi connectivity index (χ0n) is 24.5. The zero-order chi connectivity index (χ0) is 30.9. The van der Waals surface area contributed by atoms with E-state index in [1.54, 1.807) is 57.6 Å². The van der Waals surface area contributed by atoms with Crippen LogP contribution in [0.25, 0.3) is 6.08 Å². The maximum absolute atomic E-state index is 13.8. The molecule has 4 unspecified atom stereocenters. The molecule has 0 saturated carbocycles. The van der Waals surface area contributed by atoms with E-state index >= 15 is 0 Å². The lowest BCUT2D eigenvalue weighted by molar-refractivity contribution is -0.137. The van der Waals surface area contributed by atoms with Gasteiger partial charge >= 0.3 is 5.97 Å². The Labute approximate surface area is 250 Å². The summed E-state index contributed by atoms with van der Waals surface area (Å²) in [5, 5.41) is 11.9. The van der Waals surface area contributed by atoms with Crippen molar-refractivity contribution in [2.75, 3.05) is 41.1 Å². The average Bonchev–Trinajstić information content (AvgIpc) is 3.50. The molecular formula is C32H37N3O8. The highest BCUT2D eigenvalue weighted by Crippen LogP contribution is 2.32. The van der Waals surface area contributed by atoms with Crippen LogP contribution < -0.4 is 5.32 Å². The molecular weight excluding hydrogens is 554 g/mol. The third-order valence-corrected chi connectivity index (χ3v) is 7.33. The molecule has 43 heavy (non-hydrogen) atoms. The molecule has 1 heterocycles. The first-order chi connectivity index (χ1) is 20.7. The molecule has 0 radical (unpaired) electrons. The van der Waals surface area contributed by atoms with Gasteiger partial charge in [0, 0.05) is 52.2 Å². The van der Waals surface area contributed by atoms with Crippen molar-refractivity contribution in [2.24, 2.45) is 0 Å². The van der Waals surface area contributed by atoms with Crippen molar-refractivity contribution in [3.8, 4) is 0 Å². The van der Waals surface area contributed by atoms with Crippen LogP contribution in [0.5, 0.6) is 0 Å². The molecule has 1 saturated heterocycles. The smallest absolute Gasteiger partial charge is 0.339 e. The molecule has 3 amide bonds. The second-order valence-corrected chi connectivity index (χ2v) is 10.5. The number of aliphatic hydroxyl groups excluding tert-OH is 1. The first-order valence-electron chi connectivity index (χ1n) is 14.0. The summed E-state index contributed by atoms with van der Waals surface area (Å²) in [4.78, 5) is 55.1. The molecule has 1 aliphatic carbocycles. The van der Waals surface area contributed by atoms with Gasteiger partial charge in [-0.05, 0) is 29.3 Å². The number of aliphatic hydroxyl groups is 1.